The summed E-state index contributed by atoms with van der Waals surface area (Å²) in [6.45, 7) is 0.495. The predicted octanol–water partition coefficient (Wildman–Crippen LogP) is 1.12. The van der Waals surface area contributed by atoms with E-state index in [0.29, 0.717) is 12.6 Å². The number of amides is 3. The number of hydrogen-bond acceptors (Lipinski definition) is 3. The summed E-state index contributed by atoms with van der Waals surface area (Å²) in [7, 11) is 0. The molecule has 3 aliphatic rings. The molecule has 2 aliphatic carbocycles. The summed E-state index contributed by atoms with van der Waals surface area (Å²) in [5.74, 6) is -0.560. The molecule has 0 aromatic carbocycles. The minimum atomic E-state index is -0.336. The summed E-state index contributed by atoms with van der Waals surface area (Å²) in [6, 6.07) is 0.318. The maximum Gasteiger partial charge on any atom is 0.243 e. The Balaban J connectivity index is 1.46. The standard InChI is InChI=1S/C16H25N3O3/c20-14-9-12(10-19(14)13-7-3-4-8-13)16(22)18-17-15(21)11-5-1-2-6-11/h11-13H,1-10H2,(H,17,21)(H,18,22)/t12-/m0/s1. The second-order valence-electron chi connectivity index (χ2n) is 6.85. The molecule has 0 bridgehead atoms. The smallest absolute Gasteiger partial charge is 0.243 e. The third-order valence-electron chi connectivity index (χ3n) is 5.33. The zero-order valence-electron chi connectivity index (χ0n) is 13.0. The second kappa shape index (κ2) is 6.67. The van der Waals surface area contributed by atoms with E-state index in [-0.39, 0.29) is 36.0 Å². The van der Waals surface area contributed by atoms with Crippen LogP contribution in [-0.4, -0.2) is 35.2 Å². The monoisotopic (exact) mass is 307 g/mol. The van der Waals surface area contributed by atoms with Crippen molar-refractivity contribution in [3.63, 3.8) is 0 Å². The summed E-state index contributed by atoms with van der Waals surface area (Å²) in [5.41, 5.74) is 5.05. The van der Waals surface area contributed by atoms with Crippen molar-refractivity contribution in [1.82, 2.24) is 15.8 Å². The van der Waals surface area contributed by atoms with Crippen LogP contribution in [0.25, 0.3) is 0 Å². The Morgan fingerprint density at radius 3 is 2.05 bits per heavy atom. The lowest BCUT2D eigenvalue weighted by Crippen LogP contribution is -2.47. The van der Waals surface area contributed by atoms with Gasteiger partial charge in [0.1, 0.15) is 0 Å². The van der Waals surface area contributed by atoms with Crippen molar-refractivity contribution >= 4 is 17.7 Å². The number of nitrogens with one attached hydrogen (secondary N) is 2. The van der Waals surface area contributed by atoms with Gasteiger partial charge >= 0.3 is 0 Å². The summed E-state index contributed by atoms with van der Waals surface area (Å²) < 4.78 is 0. The number of hydrogen-bond donors (Lipinski definition) is 2. The van der Waals surface area contributed by atoms with Crippen LogP contribution < -0.4 is 10.9 Å². The van der Waals surface area contributed by atoms with E-state index < -0.39 is 0 Å². The van der Waals surface area contributed by atoms with Crippen LogP contribution in [0.15, 0.2) is 0 Å². The van der Waals surface area contributed by atoms with Crippen molar-refractivity contribution in [2.75, 3.05) is 6.54 Å². The van der Waals surface area contributed by atoms with Crippen molar-refractivity contribution in [2.24, 2.45) is 11.8 Å². The largest absolute Gasteiger partial charge is 0.339 e. The maximum atomic E-state index is 12.2. The molecule has 3 rings (SSSR count). The van der Waals surface area contributed by atoms with Gasteiger partial charge in [-0.25, -0.2) is 0 Å². The van der Waals surface area contributed by atoms with Gasteiger partial charge in [-0.3, -0.25) is 25.2 Å². The molecule has 1 aliphatic heterocycles. The number of rotatable bonds is 3. The fourth-order valence-electron chi connectivity index (χ4n) is 3.99. The van der Waals surface area contributed by atoms with Gasteiger partial charge in [0.05, 0.1) is 5.92 Å². The molecule has 1 atom stereocenters. The summed E-state index contributed by atoms with van der Waals surface area (Å²) in [6.07, 6.45) is 8.68. The van der Waals surface area contributed by atoms with Gasteiger partial charge in [-0.2, -0.15) is 0 Å². The number of nitrogens with zero attached hydrogens (tertiary/aromatic N) is 1. The lowest BCUT2D eigenvalue weighted by atomic mass is 10.1. The van der Waals surface area contributed by atoms with Crippen LogP contribution in [0.4, 0.5) is 0 Å². The quantitative estimate of drug-likeness (QED) is 0.767. The number of hydrazine groups is 1. The van der Waals surface area contributed by atoms with Gasteiger partial charge in [-0.15, -0.1) is 0 Å². The molecule has 1 saturated heterocycles. The zero-order valence-corrected chi connectivity index (χ0v) is 13.0. The Morgan fingerprint density at radius 2 is 1.41 bits per heavy atom. The molecular weight excluding hydrogens is 282 g/mol. The van der Waals surface area contributed by atoms with E-state index >= 15 is 0 Å². The molecule has 1 heterocycles. The van der Waals surface area contributed by atoms with Gasteiger partial charge in [0.2, 0.25) is 17.7 Å². The molecular formula is C16H25N3O3. The van der Waals surface area contributed by atoms with E-state index in [1.165, 1.54) is 12.8 Å². The molecule has 0 aromatic heterocycles. The van der Waals surface area contributed by atoms with Crippen LogP contribution in [0.2, 0.25) is 0 Å². The Labute approximate surface area is 131 Å². The van der Waals surface area contributed by atoms with Crippen molar-refractivity contribution in [2.45, 2.75) is 63.8 Å². The van der Waals surface area contributed by atoms with Crippen molar-refractivity contribution in [3.05, 3.63) is 0 Å². The molecule has 2 saturated carbocycles. The molecule has 3 amide bonds. The first kappa shape index (κ1) is 15.3. The van der Waals surface area contributed by atoms with E-state index in [1.54, 1.807) is 0 Å². The van der Waals surface area contributed by atoms with Crippen LogP contribution in [0.1, 0.15) is 57.8 Å². The Morgan fingerprint density at radius 1 is 0.864 bits per heavy atom. The van der Waals surface area contributed by atoms with Crippen LogP contribution in [0.3, 0.4) is 0 Å². The third kappa shape index (κ3) is 3.25. The number of likely N-dealkylation sites (tertiary alicyclic amines) is 1. The van der Waals surface area contributed by atoms with Crippen molar-refractivity contribution in [1.29, 1.82) is 0 Å². The molecule has 122 valence electrons. The normalized spacial score (nSPS) is 26.6. The first-order valence-electron chi connectivity index (χ1n) is 8.54. The van der Waals surface area contributed by atoms with Gasteiger partial charge in [0, 0.05) is 24.9 Å². The average Bonchev–Trinajstić information content (AvgIpc) is 3.24. The van der Waals surface area contributed by atoms with Crippen molar-refractivity contribution < 1.29 is 14.4 Å². The highest BCUT2D eigenvalue weighted by atomic mass is 16.2. The van der Waals surface area contributed by atoms with E-state index in [4.69, 9.17) is 0 Å². The SMILES string of the molecule is O=C(NNC(=O)[C@H]1CC(=O)N(C2CCCC2)C1)C1CCCC1. The molecule has 0 unspecified atom stereocenters. The van der Waals surface area contributed by atoms with Gasteiger partial charge in [-0.05, 0) is 25.7 Å². The third-order valence-corrected chi connectivity index (χ3v) is 5.33. The minimum Gasteiger partial charge on any atom is -0.339 e. The van der Waals surface area contributed by atoms with Crippen LogP contribution in [-0.2, 0) is 14.4 Å². The molecule has 0 radical (unpaired) electrons. The zero-order chi connectivity index (χ0) is 15.5. The molecule has 22 heavy (non-hydrogen) atoms. The minimum absolute atomic E-state index is 0.0282. The highest BCUT2D eigenvalue weighted by Gasteiger charge is 2.38. The van der Waals surface area contributed by atoms with E-state index in [2.05, 4.69) is 10.9 Å². The van der Waals surface area contributed by atoms with Crippen LogP contribution in [0.5, 0.6) is 0 Å². The number of carbonyl (C=O) groups is 3. The van der Waals surface area contributed by atoms with E-state index in [1.807, 2.05) is 4.90 Å². The first-order chi connectivity index (χ1) is 10.6. The molecule has 6 heteroatoms. The van der Waals surface area contributed by atoms with E-state index in [0.717, 1.165) is 38.5 Å². The molecule has 0 spiro atoms. The van der Waals surface area contributed by atoms with Crippen LogP contribution >= 0.6 is 0 Å². The van der Waals surface area contributed by atoms with Gasteiger partial charge < -0.3 is 4.90 Å². The second-order valence-corrected chi connectivity index (χ2v) is 6.85. The molecule has 6 nitrogen and oxygen atoms in total. The predicted molar refractivity (Wildman–Crippen MR) is 80.3 cm³/mol. The fraction of sp³-hybridized carbons (Fsp3) is 0.812. The summed E-state index contributed by atoms with van der Waals surface area (Å²) >= 11 is 0. The van der Waals surface area contributed by atoms with Gasteiger partial charge in [0.25, 0.3) is 0 Å². The van der Waals surface area contributed by atoms with Gasteiger partial charge in [-0.1, -0.05) is 25.7 Å². The first-order valence-corrected chi connectivity index (χ1v) is 8.54. The molecule has 2 N–H and O–H groups in total. The average molecular weight is 307 g/mol. The highest BCUT2D eigenvalue weighted by Crippen LogP contribution is 2.29. The topological polar surface area (TPSA) is 78.5 Å². The van der Waals surface area contributed by atoms with Crippen LogP contribution in [0, 0.1) is 11.8 Å². The maximum absolute atomic E-state index is 12.2. The Kier molecular flexibility index (Phi) is 4.64. The van der Waals surface area contributed by atoms with Gasteiger partial charge in [0.15, 0.2) is 0 Å². The lowest BCUT2D eigenvalue weighted by Gasteiger charge is -2.23. The molecule has 3 fully saturated rings. The molecule has 0 aromatic rings. The Hall–Kier alpha value is -1.59. The lowest BCUT2D eigenvalue weighted by molar-refractivity contribution is -0.133. The number of carbonyl (C=O) groups excluding carboxylic acids is 3. The fourth-order valence-corrected chi connectivity index (χ4v) is 3.99. The Bertz CT molecular complexity index is 454. The van der Waals surface area contributed by atoms with Crippen molar-refractivity contribution in [3.8, 4) is 0 Å². The summed E-state index contributed by atoms with van der Waals surface area (Å²) in [4.78, 5) is 38.0. The highest BCUT2D eigenvalue weighted by molar-refractivity contribution is 5.90. The summed E-state index contributed by atoms with van der Waals surface area (Å²) in [5, 5.41) is 0. The van der Waals surface area contributed by atoms with E-state index in [9.17, 15) is 14.4 Å².